The predicted octanol–water partition coefficient (Wildman–Crippen LogP) is 1.94. The molecule has 0 bridgehead atoms. The third kappa shape index (κ3) is 4.92. The topological polar surface area (TPSA) is 110 Å². The summed E-state index contributed by atoms with van der Waals surface area (Å²) in [4.78, 5) is 9.73. The minimum atomic E-state index is -4.01. The first-order valence-corrected chi connectivity index (χ1v) is 8.22. The number of nitrogens with zero attached hydrogens (tertiary/aromatic N) is 1. The summed E-state index contributed by atoms with van der Waals surface area (Å²) in [6.07, 6.45) is 1.15. The molecule has 0 saturated carbocycles. The fourth-order valence-corrected chi connectivity index (χ4v) is 3.23. The van der Waals surface area contributed by atoms with Crippen LogP contribution in [-0.4, -0.2) is 31.6 Å². The van der Waals surface area contributed by atoms with E-state index in [0.29, 0.717) is 12.8 Å². The molecule has 0 radical (unpaired) electrons. The molecule has 21 heavy (non-hydrogen) atoms. The standard InChI is InChI=1S/C12H17ClN2O5S/c1-2-9(5-6-16)8-14-21(19,20)12-4-3-10(13)7-11(12)15(17)18/h3-4,7,9,14,16H,2,5-6,8H2,1H3. The molecule has 0 aliphatic heterocycles. The number of hydrogen-bond donors (Lipinski definition) is 2. The van der Waals surface area contributed by atoms with Gasteiger partial charge >= 0.3 is 0 Å². The van der Waals surface area contributed by atoms with Gasteiger partial charge in [-0.15, -0.1) is 0 Å². The maximum absolute atomic E-state index is 12.2. The molecule has 0 heterocycles. The second-order valence-corrected chi connectivity index (χ2v) is 6.68. The highest BCUT2D eigenvalue weighted by molar-refractivity contribution is 7.89. The normalized spacial score (nSPS) is 13.1. The zero-order chi connectivity index (χ0) is 16.0. The zero-order valence-electron chi connectivity index (χ0n) is 11.5. The van der Waals surface area contributed by atoms with E-state index in [4.69, 9.17) is 16.7 Å². The third-order valence-electron chi connectivity index (χ3n) is 3.08. The molecule has 0 saturated heterocycles. The lowest BCUT2D eigenvalue weighted by Gasteiger charge is -2.14. The van der Waals surface area contributed by atoms with E-state index in [9.17, 15) is 18.5 Å². The Morgan fingerprint density at radius 3 is 2.67 bits per heavy atom. The van der Waals surface area contributed by atoms with Crippen molar-refractivity contribution in [3.8, 4) is 0 Å². The van der Waals surface area contributed by atoms with Crippen molar-refractivity contribution >= 4 is 27.3 Å². The first kappa shape index (κ1) is 17.8. The van der Waals surface area contributed by atoms with Gasteiger partial charge in [-0.1, -0.05) is 24.9 Å². The largest absolute Gasteiger partial charge is 0.396 e. The first-order chi connectivity index (χ1) is 9.81. The number of halogens is 1. The average molecular weight is 337 g/mol. The number of benzene rings is 1. The molecule has 1 rings (SSSR count). The monoisotopic (exact) mass is 336 g/mol. The second kappa shape index (κ2) is 7.69. The predicted molar refractivity (Wildman–Crippen MR) is 78.8 cm³/mol. The Morgan fingerprint density at radius 1 is 1.48 bits per heavy atom. The van der Waals surface area contributed by atoms with E-state index in [1.54, 1.807) is 0 Å². The Bertz CT molecular complexity index is 606. The fraction of sp³-hybridized carbons (Fsp3) is 0.500. The molecule has 1 unspecified atom stereocenters. The second-order valence-electron chi connectivity index (χ2n) is 4.51. The maximum Gasteiger partial charge on any atom is 0.290 e. The maximum atomic E-state index is 12.2. The third-order valence-corrected chi connectivity index (χ3v) is 4.79. The molecule has 1 aromatic rings. The van der Waals surface area contributed by atoms with Gasteiger partial charge in [0.2, 0.25) is 10.0 Å². The van der Waals surface area contributed by atoms with Crippen molar-refractivity contribution in [1.29, 1.82) is 0 Å². The van der Waals surface area contributed by atoms with Gasteiger partial charge < -0.3 is 5.11 Å². The fourth-order valence-electron chi connectivity index (χ4n) is 1.80. The molecular formula is C12H17ClN2O5S. The van der Waals surface area contributed by atoms with Crippen molar-refractivity contribution < 1.29 is 18.4 Å². The van der Waals surface area contributed by atoms with Gasteiger partial charge in [0, 0.05) is 24.2 Å². The number of nitro benzene ring substituents is 1. The van der Waals surface area contributed by atoms with Crippen LogP contribution in [0.5, 0.6) is 0 Å². The van der Waals surface area contributed by atoms with Crippen LogP contribution < -0.4 is 4.72 Å². The molecule has 0 aromatic heterocycles. The summed E-state index contributed by atoms with van der Waals surface area (Å²) in [5, 5.41) is 19.9. The number of nitrogens with one attached hydrogen (secondary N) is 1. The summed E-state index contributed by atoms with van der Waals surface area (Å²) < 4.78 is 26.7. The highest BCUT2D eigenvalue weighted by Gasteiger charge is 2.26. The molecule has 0 fully saturated rings. The molecule has 118 valence electrons. The van der Waals surface area contributed by atoms with E-state index in [1.165, 1.54) is 6.07 Å². The van der Waals surface area contributed by atoms with Crippen LogP contribution >= 0.6 is 11.6 Å². The minimum absolute atomic E-state index is 0.0314. The molecule has 0 spiro atoms. The van der Waals surface area contributed by atoms with Crippen LogP contribution in [0.1, 0.15) is 19.8 Å². The zero-order valence-corrected chi connectivity index (χ0v) is 13.0. The Labute approximate surface area is 128 Å². The van der Waals surface area contributed by atoms with Crippen molar-refractivity contribution in [3.05, 3.63) is 33.3 Å². The van der Waals surface area contributed by atoms with Crippen molar-refractivity contribution in [2.45, 2.75) is 24.7 Å². The van der Waals surface area contributed by atoms with Crippen LogP contribution in [0, 0.1) is 16.0 Å². The lowest BCUT2D eigenvalue weighted by molar-refractivity contribution is -0.387. The van der Waals surface area contributed by atoms with Crippen LogP contribution in [0.2, 0.25) is 5.02 Å². The van der Waals surface area contributed by atoms with Crippen molar-refractivity contribution in [1.82, 2.24) is 4.72 Å². The van der Waals surface area contributed by atoms with Gasteiger partial charge in [0.25, 0.3) is 5.69 Å². The van der Waals surface area contributed by atoms with E-state index >= 15 is 0 Å². The average Bonchev–Trinajstić information content (AvgIpc) is 2.43. The summed E-state index contributed by atoms with van der Waals surface area (Å²) in [6, 6.07) is 3.39. The van der Waals surface area contributed by atoms with Gasteiger partial charge in [-0.3, -0.25) is 10.1 Å². The van der Waals surface area contributed by atoms with E-state index in [2.05, 4.69) is 4.72 Å². The lowest BCUT2D eigenvalue weighted by atomic mass is 10.0. The van der Waals surface area contributed by atoms with Crippen LogP contribution in [0.25, 0.3) is 0 Å². The highest BCUT2D eigenvalue weighted by atomic mass is 35.5. The number of sulfonamides is 1. The van der Waals surface area contributed by atoms with Crippen LogP contribution in [0.3, 0.4) is 0 Å². The van der Waals surface area contributed by atoms with Gasteiger partial charge in [0.15, 0.2) is 4.90 Å². The number of aliphatic hydroxyl groups is 1. The molecule has 0 aliphatic rings. The SMILES string of the molecule is CCC(CCO)CNS(=O)(=O)c1ccc(Cl)cc1[N+](=O)[O-]. The Kier molecular flexibility index (Phi) is 6.53. The van der Waals surface area contributed by atoms with E-state index in [-0.39, 0.29) is 24.1 Å². The van der Waals surface area contributed by atoms with Crippen molar-refractivity contribution in [2.24, 2.45) is 5.92 Å². The molecule has 1 aromatic carbocycles. The molecule has 0 aliphatic carbocycles. The summed E-state index contributed by atoms with van der Waals surface area (Å²) in [6.45, 7) is 1.94. The highest BCUT2D eigenvalue weighted by Crippen LogP contribution is 2.27. The Balaban J connectivity index is 3.00. The minimum Gasteiger partial charge on any atom is -0.396 e. The molecule has 7 nitrogen and oxygen atoms in total. The smallest absolute Gasteiger partial charge is 0.290 e. The van der Waals surface area contributed by atoms with Crippen LogP contribution in [0.4, 0.5) is 5.69 Å². The lowest BCUT2D eigenvalue weighted by Crippen LogP contribution is -2.30. The van der Waals surface area contributed by atoms with Crippen molar-refractivity contribution in [2.75, 3.05) is 13.2 Å². The van der Waals surface area contributed by atoms with Crippen molar-refractivity contribution in [3.63, 3.8) is 0 Å². The number of hydrogen-bond acceptors (Lipinski definition) is 5. The molecule has 0 amide bonds. The number of rotatable bonds is 8. The summed E-state index contributed by atoms with van der Waals surface area (Å²) in [7, 11) is -4.01. The summed E-state index contributed by atoms with van der Waals surface area (Å²) >= 11 is 5.65. The van der Waals surface area contributed by atoms with Gasteiger partial charge in [-0.05, 0) is 24.5 Å². The Morgan fingerprint density at radius 2 is 2.14 bits per heavy atom. The van der Waals surface area contributed by atoms with Crippen LogP contribution in [-0.2, 0) is 10.0 Å². The molecule has 9 heteroatoms. The quantitative estimate of drug-likeness (QED) is 0.557. The number of nitro groups is 1. The molecule has 2 N–H and O–H groups in total. The van der Waals surface area contributed by atoms with E-state index < -0.39 is 25.5 Å². The van der Waals surface area contributed by atoms with E-state index in [1.807, 2.05) is 6.92 Å². The summed E-state index contributed by atoms with van der Waals surface area (Å²) in [5.74, 6) is -0.0314. The Hall–Kier alpha value is -1.22. The van der Waals surface area contributed by atoms with Gasteiger partial charge in [0.05, 0.1) is 4.92 Å². The van der Waals surface area contributed by atoms with Gasteiger partial charge in [-0.25, -0.2) is 13.1 Å². The summed E-state index contributed by atoms with van der Waals surface area (Å²) in [5.41, 5.74) is -0.565. The molecular weight excluding hydrogens is 320 g/mol. The van der Waals surface area contributed by atoms with Crippen LogP contribution in [0.15, 0.2) is 23.1 Å². The first-order valence-electron chi connectivity index (χ1n) is 6.36. The molecule has 1 atom stereocenters. The van der Waals surface area contributed by atoms with Gasteiger partial charge in [0.1, 0.15) is 0 Å². The number of aliphatic hydroxyl groups excluding tert-OH is 1. The van der Waals surface area contributed by atoms with E-state index in [0.717, 1.165) is 12.1 Å². The van der Waals surface area contributed by atoms with Gasteiger partial charge in [-0.2, -0.15) is 0 Å².